The fourth-order valence-electron chi connectivity index (χ4n) is 3.72. The predicted molar refractivity (Wildman–Crippen MR) is 95.1 cm³/mol. The average Bonchev–Trinajstić information content (AvgIpc) is 3.10. The molecule has 7 nitrogen and oxygen atoms in total. The minimum absolute atomic E-state index is 0.194. The van der Waals surface area contributed by atoms with Gasteiger partial charge >= 0.3 is 0 Å². The smallest absolute Gasteiger partial charge is 0.225 e. The van der Waals surface area contributed by atoms with Gasteiger partial charge in [0, 0.05) is 51.1 Å². The normalized spacial score (nSPS) is 21.3. The molecule has 1 aliphatic heterocycles. The van der Waals surface area contributed by atoms with Crippen LogP contribution in [-0.2, 0) is 4.74 Å². The van der Waals surface area contributed by atoms with Crippen LogP contribution in [-0.4, -0.2) is 67.3 Å². The maximum absolute atomic E-state index is 6.25. The van der Waals surface area contributed by atoms with Crippen LogP contribution in [0.25, 0.3) is 0 Å². The molecule has 1 aliphatic carbocycles. The van der Waals surface area contributed by atoms with Crippen LogP contribution in [0.2, 0.25) is 0 Å². The Morgan fingerprint density at radius 1 is 1.21 bits per heavy atom. The number of aliphatic imine (C=N–C) groups is 1. The van der Waals surface area contributed by atoms with E-state index in [1.165, 1.54) is 25.7 Å². The van der Waals surface area contributed by atoms with Crippen molar-refractivity contribution in [3.8, 4) is 0 Å². The predicted octanol–water partition coefficient (Wildman–Crippen LogP) is 1.12. The summed E-state index contributed by atoms with van der Waals surface area (Å²) in [6, 6.07) is 1.84. The second-order valence-electron chi connectivity index (χ2n) is 6.84. The van der Waals surface area contributed by atoms with Crippen molar-refractivity contribution in [1.29, 1.82) is 0 Å². The van der Waals surface area contributed by atoms with Gasteiger partial charge in [0.25, 0.3) is 0 Å². The number of nitrogens with two attached hydrogens (primary N) is 1. The van der Waals surface area contributed by atoms with E-state index < -0.39 is 0 Å². The molecule has 0 spiro atoms. The highest BCUT2D eigenvalue weighted by Crippen LogP contribution is 2.38. The molecule has 3 rings (SSSR count). The molecule has 0 bridgehead atoms. The first-order chi connectivity index (χ1) is 11.7. The SMILES string of the molecule is COCC1(CN=C(N)N2CCN(c3ncccn3)CC2)CCCC1. The number of piperazine rings is 1. The van der Waals surface area contributed by atoms with Gasteiger partial charge in [-0.3, -0.25) is 4.99 Å². The third kappa shape index (κ3) is 3.95. The number of anilines is 1. The first kappa shape index (κ1) is 17.0. The van der Waals surface area contributed by atoms with E-state index >= 15 is 0 Å². The van der Waals surface area contributed by atoms with Crippen LogP contribution in [0.5, 0.6) is 0 Å². The van der Waals surface area contributed by atoms with E-state index in [-0.39, 0.29) is 5.41 Å². The van der Waals surface area contributed by atoms with E-state index in [0.717, 1.165) is 45.3 Å². The van der Waals surface area contributed by atoms with Gasteiger partial charge in [-0.1, -0.05) is 12.8 Å². The second kappa shape index (κ2) is 7.79. The lowest BCUT2D eigenvalue weighted by atomic mass is 9.87. The maximum Gasteiger partial charge on any atom is 0.225 e. The summed E-state index contributed by atoms with van der Waals surface area (Å²) in [5.41, 5.74) is 6.44. The lowest BCUT2D eigenvalue weighted by molar-refractivity contribution is 0.0894. The molecule has 0 radical (unpaired) electrons. The summed E-state index contributed by atoms with van der Waals surface area (Å²) < 4.78 is 5.43. The van der Waals surface area contributed by atoms with Crippen molar-refractivity contribution in [2.24, 2.45) is 16.1 Å². The van der Waals surface area contributed by atoms with Crippen LogP contribution < -0.4 is 10.6 Å². The van der Waals surface area contributed by atoms with Gasteiger partial charge in [0.1, 0.15) is 0 Å². The van der Waals surface area contributed by atoms with Crippen molar-refractivity contribution in [3.05, 3.63) is 18.5 Å². The van der Waals surface area contributed by atoms with Crippen LogP contribution in [0.4, 0.5) is 5.95 Å². The fraction of sp³-hybridized carbons (Fsp3) is 0.706. The van der Waals surface area contributed by atoms with E-state index in [9.17, 15) is 0 Å². The van der Waals surface area contributed by atoms with Crippen LogP contribution >= 0.6 is 0 Å². The molecule has 1 saturated heterocycles. The number of guanidine groups is 1. The van der Waals surface area contributed by atoms with Crippen molar-refractivity contribution >= 4 is 11.9 Å². The van der Waals surface area contributed by atoms with Gasteiger partial charge in [-0.2, -0.15) is 0 Å². The molecule has 2 N–H and O–H groups in total. The van der Waals surface area contributed by atoms with Crippen molar-refractivity contribution in [2.75, 3.05) is 51.3 Å². The molecule has 0 unspecified atom stereocenters. The molecule has 0 atom stereocenters. The van der Waals surface area contributed by atoms with Crippen LogP contribution in [0.1, 0.15) is 25.7 Å². The van der Waals surface area contributed by atoms with E-state index in [0.29, 0.717) is 5.96 Å². The first-order valence-corrected chi connectivity index (χ1v) is 8.78. The van der Waals surface area contributed by atoms with Gasteiger partial charge in [0.05, 0.1) is 13.2 Å². The summed E-state index contributed by atoms with van der Waals surface area (Å²) in [6.45, 7) is 4.99. The maximum atomic E-state index is 6.25. The van der Waals surface area contributed by atoms with Crippen LogP contribution in [0, 0.1) is 5.41 Å². The van der Waals surface area contributed by atoms with Crippen molar-refractivity contribution in [3.63, 3.8) is 0 Å². The highest BCUT2D eigenvalue weighted by atomic mass is 16.5. The van der Waals surface area contributed by atoms with Crippen LogP contribution in [0.15, 0.2) is 23.5 Å². The monoisotopic (exact) mass is 332 g/mol. The molecule has 2 fully saturated rings. The van der Waals surface area contributed by atoms with Gasteiger partial charge < -0.3 is 20.3 Å². The Labute approximate surface area is 143 Å². The summed E-state index contributed by atoms with van der Waals surface area (Å²) in [6.07, 6.45) is 8.49. The molecule has 2 aliphatic rings. The molecule has 132 valence electrons. The number of aromatic nitrogens is 2. The van der Waals surface area contributed by atoms with E-state index in [4.69, 9.17) is 15.5 Å². The molecule has 24 heavy (non-hydrogen) atoms. The number of nitrogens with zero attached hydrogens (tertiary/aromatic N) is 5. The van der Waals surface area contributed by atoms with Gasteiger partial charge in [-0.25, -0.2) is 9.97 Å². The Morgan fingerprint density at radius 3 is 2.50 bits per heavy atom. The standard InChI is InChI=1S/C17H28N6O/c1-24-14-17(5-2-3-6-17)13-21-15(18)22-9-11-23(12-10-22)16-19-7-4-8-20-16/h4,7-8H,2-3,5-6,9-14H2,1H3,(H2,18,21). The Morgan fingerprint density at radius 2 is 1.88 bits per heavy atom. The number of hydrogen-bond acceptors (Lipinski definition) is 5. The number of methoxy groups -OCH3 is 1. The molecule has 0 amide bonds. The number of rotatable bonds is 5. The Balaban J connectivity index is 1.53. The summed E-state index contributed by atoms with van der Waals surface area (Å²) in [5, 5.41) is 0. The van der Waals surface area contributed by atoms with Gasteiger partial charge in [0.2, 0.25) is 5.95 Å². The lowest BCUT2D eigenvalue weighted by Crippen LogP contribution is -2.51. The van der Waals surface area contributed by atoms with E-state index in [1.54, 1.807) is 19.5 Å². The van der Waals surface area contributed by atoms with Crippen molar-refractivity contribution < 1.29 is 4.74 Å². The lowest BCUT2D eigenvalue weighted by Gasteiger charge is -2.35. The van der Waals surface area contributed by atoms with Crippen molar-refractivity contribution in [1.82, 2.24) is 14.9 Å². The molecule has 7 heteroatoms. The Hall–Kier alpha value is -1.89. The fourth-order valence-corrected chi connectivity index (χ4v) is 3.72. The zero-order valence-corrected chi connectivity index (χ0v) is 14.5. The summed E-state index contributed by atoms with van der Waals surface area (Å²) in [7, 11) is 1.78. The molecule has 1 saturated carbocycles. The third-order valence-electron chi connectivity index (χ3n) is 5.13. The first-order valence-electron chi connectivity index (χ1n) is 8.78. The zero-order chi connectivity index (χ0) is 16.8. The topological polar surface area (TPSA) is 79.9 Å². The minimum Gasteiger partial charge on any atom is -0.384 e. The molecule has 2 heterocycles. The highest BCUT2D eigenvalue weighted by Gasteiger charge is 2.34. The Kier molecular flexibility index (Phi) is 5.50. The quantitative estimate of drug-likeness (QED) is 0.643. The molecule has 0 aromatic carbocycles. The summed E-state index contributed by atoms with van der Waals surface area (Å²) in [5.74, 6) is 1.45. The second-order valence-corrected chi connectivity index (χ2v) is 6.84. The van der Waals surface area contributed by atoms with Crippen molar-refractivity contribution in [2.45, 2.75) is 25.7 Å². The van der Waals surface area contributed by atoms with E-state index in [2.05, 4.69) is 19.8 Å². The summed E-state index contributed by atoms with van der Waals surface area (Å²) in [4.78, 5) is 17.7. The minimum atomic E-state index is 0.194. The van der Waals surface area contributed by atoms with Gasteiger partial charge in [-0.15, -0.1) is 0 Å². The average molecular weight is 332 g/mol. The van der Waals surface area contributed by atoms with E-state index in [1.807, 2.05) is 6.07 Å². The molecular formula is C17H28N6O. The number of ether oxygens (including phenoxy) is 1. The van der Waals surface area contributed by atoms with Crippen LogP contribution in [0.3, 0.4) is 0 Å². The van der Waals surface area contributed by atoms with Gasteiger partial charge in [-0.05, 0) is 18.9 Å². The third-order valence-corrected chi connectivity index (χ3v) is 5.13. The largest absolute Gasteiger partial charge is 0.384 e. The summed E-state index contributed by atoms with van der Waals surface area (Å²) >= 11 is 0. The number of hydrogen-bond donors (Lipinski definition) is 1. The zero-order valence-electron chi connectivity index (χ0n) is 14.5. The molecule has 1 aromatic heterocycles. The van der Waals surface area contributed by atoms with Gasteiger partial charge in [0.15, 0.2) is 5.96 Å². The highest BCUT2D eigenvalue weighted by molar-refractivity contribution is 5.78. The molecular weight excluding hydrogens is 304 g/mol. The molecule has 1 aromatic rings. The Bertz CT molecular complexity index is 535.